The van der Waals surface area contributed by atoms with Crippen molar-refractivity contribution in [3.8, 4) is 0 Å². The highest BCUT2D eigenvalue weighted by Crippen LogP contribution is 2.55. The monoisotopic (exact) mass is 834 g/mol. The van der Waals surface area contributed by atoms with Crippen molar-refractivity contribution in [2.75, 3.05) is 0 Å². The lowest BCUT2D eigenvalue weighted by molar-refractivity contribution is -0.121. The van der Waals surface area contributed by atoms with Crippen molar-refractivity contribution in [3.63, 3.8) is 0 Å². The molecule has 0 aliphatic heterocycles. The van der Waals surface area contributed by atoms with Gasteiger partial charge in [0.15, 0.2) is 5.78 Å². The molecule has 4 heterocycles. The highest BCUT2D eigenvalue weighted by Gasteiger charge is 2.52. The molecular formula is C49H69N9O3. The van der Waals surface area contributed by atoms with Gasteiger partial charge in [-0.15, -0.1) is 0 Å². The summed E-state index contributed by atoms with van der Waals surface area (Å²) in [5, 5.41) is 28.2. The second-order valence-corrected chi connectivity index (χ2v) is 18.5. The van der Waals surface area contributed by atoms with Crippen LogP contribution in [-0.4, -0.2) is 45.4 Å². The fourth-order valence-corrected chi connectivity index (χ4v) is 12.2. The Morgan fingerprint density at radius 2 is 1.21 bits per heavy atom. The summed E-state index contributed by atoms with van der Waals surface area (Å²) in [5.41, 5.74) is 9.27. The Hall–Kier alpha value is -5.23. The van der Waals surface area contributed by atoms with E-state index in [0.29, 0.717) is 35.6 Å². The number of fused-ring (bicyclic) bond motifs is 10. The molecule has 12 nitrogen and oxygen atoms in total. The molecule has 1 N–H and O–H groups in total. The first-order chi connectivity index (χ1) is 29.0. The van der Waals surface area contributed by atoms with Gasteiger partial charge in [-0.2, -0.15) is 15.3 Å². The van der Waals surface area contributed by atoms with E-state index in [4.69, 9.17) is 24.1 Å². The van der Waals surface area contributed by atoms with Crippen LogP contribution in [0.4, 0.5) is 0 Å². The van der Waals surface area contributed by atoms with Crippen LogP contribution >= 0.6 is 0 Å². The van der Waals surface area contributed by atoms with Crippen LogP contribution < -0.4 is 0 Å². The molecule has 328 valence electrons. The summed E-state index contributed by atoms with van der Waals surface area (Å²) in [6, 6.07) is 0. The number of carbonyl (C=O) groups excluding carboxylic acids is 1. The molecule has 0 unspecified atom stereocenters. The van der Waals surface area contributed by atoms with Gasteiger partial charge in [-0.05, 0) is 85.8 Å². The molecule has 0 radical (unpaired) electrons. The van der Waals surface area contributed by atoms with Crippen LogP contribution in [0.1, 0.15) is 148 Å². The second kappa shape index (κ2) is 17.3. The molecule has 0 amide bonds. The third-order valence-electron chi connectivity index (χ3n) is 15.0. The number of aliphatic hydroxyl groups excluding tert-OH is 1. The van der Waals surface area contributed by atoms with Crippen molar-refractivity contribution < 1.29 is 15.8 Å². The SMILES string of the molecule is C.CC.C[C@@H]1c2oncc2C[C@]2(C)c3nn(C)cc3CC[C@@H]12.[3H]C.[C-]#[N+]C1=C(O)[C@@H](C)[C@@H]2CCc3cn(C)nc3[C@@]2(C)C1.[C-]#[N+]C1=C[C@]2(C)c3nn(C)cc3CC[C@H]2[C@H](C)C1=O. The van der Waals surface area contributed by atoms with Gasteiger partial charge in [-0.1, -0.05) is 81.5 Å². The molecule has 6 aliphatic rings. The average Bonchev–Trinajstić information content (AvgIpc) is 4.06. The van der Waals surface area contributed by atoms with E-state index in [1.165, 1.54) is 41.8 Å². The number of nitrogens with zero attached hydrogens (tertiary/aromatic N) is 9. The second-order valence-electron chi connectivity index (χ2n) is 18.5. The van der Waals surface area contributed by atoms with E-state index in [2.05, 4.69) is 71.3 Å². The number of aryl methyl sites for hydroxylation is 6. The topological polar surface area (TPSA) is 126 Å². The summed E-state index contributed by atoms with van der Waals surface area (Å²) in [6.45, 7) is 31.5. The molecule has 0 fully saturated rings. The summed E-state index contributed by atoms with van der Waals surface area (Å²) in [4.78, 5) is 19.1. The number of Topliss-reactive ketones (excluding diaryl/α,β-unsaturated/α-hetero) is 1. The summed E-state index contributed by atoms with van der Waals surface area (Å²) in [5.74, 6) is 3.04. The van der Waals surface area contributed by atoms with Crippen molar-refractivity contribution >= 4 is 5.78 Å². The minimum Gasteiger partial charge on any atom is -0.523 e. The zero-order valence-corrected chi connectivity index (χ0v) is 37.8. The lowest BCUT2D eigenvalue weighted by atomic mass is 9.57. The molecule has 12 heteroatoms. The molecule has 0 saturated heterocycles. The molecule has 6 aliphatic carbocycles. The van der Waals surface area contributed by atoms with Gasteiger partial charge in [-0.3, -0.25) is 14.0 Å². The number of aliphatic hydroxyl groups is 1. The highest BCUT2D eigenvalue weighted by molar-refractivity contribution is 6.00. The van der Waals surface area contributed by atoms with Crippen LogP contribution in [0.3, 0.4) is 0 Å². The van der Waals surface area contributed by atoms with Gasteiger partial charge in [0.1, 0.15) is 5.76 Å². The maximum absolute atomic E-state index is 12.2. The molecule has 9 atom stereocenters. The number of carbonyl (C=O) groups is 1. The molecule has 0 spiro atoms. The van der Waals surface area contributed by atoms with E-state index < -0.39 is 0 Å². The Morgan fingerprint density at radius 1 is 0.738 bits per heavy atom. The summed E-state index contributed by atoms with van der Waals surface area (Å²) in [7, 11) is 7.15. The highest BCUT2D eigenvalue weighted by atomic mass is 16.5. The van der Waals surface area contributed by atoms with Crippen LogP contribution in [0, 0.1) is 42.7 Å². The number of aromatic nitrogens is 7. The molecule has 4 aromatic rings. The lowest BCUT2D eigenvalue weighted by Crippen LogP contribution is -2.45. The number of rotatable bonds is 0. The zero-order valence-electron chi connectivity index (χ0n) is 38.8. The van der Waals surface area contributed by atoms with Gasteiger partial charge in [0, 0.05) is 80.7 Å². The van der Waals surface area contributed by atoms with Gasteiger partial charge in [0.05, 0.1) is 42.2 Å². The molecule has 0 aromatic carbocycles. The fourth-order valence-electron chi connectivity index (χ4n) is 12.2. The summed E-state index contributed by atoms with van der Waals surface area (Å²) in [6.07, 6.45) is 18.1. The Labute approximate surface area is 365 Å². The first-order valence-corrected chi connectivity index (χ1v) is 21.5. The van der Waals surface area contributed by atoms with Crippen molar-refractivity contribution in [2.45, 2.75) is 144 Å². The van der Waals surface area contributed by atoms with Gasteiger partial charge >= 0.3 is 0 Å². The Balaban J connectivity index is 0.000000167. The summed E-state index contributed by atoms with van der Waals surface area (Å²) >= 11 is 0. The first-order valence-electron chi connectivity index (χ1n) is 22.5. The van der Waals surface area contributed by atoms with Gasteiger partial charge in [-0.25, -0.2) is 9.69 Å². The molecule has 0 bridgehead atoms. The maximum Gasteiger partial charge on any atom is 0.226 e. The van der Waals surface area contributed by atoms with E-state index in [0.717, 1.165) is 55.7 Å². The van der Waals surface area contributed by atoms with E-state index >= 15 is 0 Å². The van der Waals surface area contributed by atoms with Crippen LogP contribution in [0.25, 0.3) is 9.69 Å². The van der Waals surface area contributed by atoms with Crippen LogP contribution in [0.2, 0.25) is 0 Å². The van der Waals surface area contributed by atoms with Crippen LogP contribution in [-0.2, 0) is 67.9 Å². The lowest BCUT2D eigenvalue weighted by Gasteiger charge is -2.46. The largest absolute Gasteiger partial charge is 0.523 e. The quantitative estimate of drug-likeness (QED) is 0.175. The number of ketones is 1. The smallest absolute Gasteiger partial charge is 0.226 e. The minimum atomic E-state index is -0.276. The predicted octanol–water partition coefficient (Wildman–Crippen LogP) is 10.1. The summed E-state index contributed by atoms with van der Waals surface area (Å²) < 4.78 is 16.9. The molecule has 4 aromatic heterocycles. The van der Waals surface area contributed by atoms with E-state index in [1.54, 1.807) is 0 Å². The minimum absolute atomic E-state index is 0. The standard InChI is InChI=1S/2C15H19N3O.C15H17N3O.C2H6.2CH4/c1-9-12-5-4-10-8-18(3)17-14(10)15(12,2)6-11-7-16-19-13(9)11;2*1-9-11-6-5-10-8-18(4)17-14(10)15(11,2)7-12(16-3)13(9)19;1-2;;/h7-9,12H,4-6H2,1-3H3;8-9,11,19H,5-7H2,1-2,4H3;7-9,11H,5-6H2,1-2,4H3;1-2H3;2*1H4/t9-,12-,15-;2*9-,11-,15-;;;/m000.../s1/i;;;;1T;. The van der Waals surface area contributed by atoms with E-state index in [9.17, 15) is 9.90 Å². The molecule has 0 saturated carbocycles. The molecule has 61 heavy (non-hydrogen) atoms. The third-order valence-corrected chi connectivity index (χ3v) is 15.0. The predicted molar refractivity (Wildman–Crippen MR) is 239 cm³/mol. The van der Waals surface area contributed by atoms with E-state index in [-0.39, 0.29) is 52.9 Å². The number of hydrogen-bond donors (Lipinski definition) is 1. The molecule has 10 rings (SSSR count). The van der Waals surface area contributed by atoms with Crippen molar-refractivity contribution in [3.05, 3.63) is 116 Å². The van der Waals surface area contributed by atoms with E-state index in [1.807, 2.05) is 75.2 Å². The first kappa shape index (κ1) is 45.3. The third kappa shape index (κ3) is 7.48. The van der Waals surface area contributed by atoms with Gasteiger partial charge in [0.25, 0.3) is 0 Å². The zero-order chi connectivity index (χ0) is 44.8. The normalized spacial score (nSPS) is 31.1. The average molecular weight is 834 g/mol. The number of allylic oxidation sites excluding steroid dienone is 4. The van der Waals surface area contributed by atoms with Crippen LogP contribution in [0.5, 0.6) is 0 Å². The van der Waals surface area contributed by atoms with Gasteiger partial charge < -0.3 is 14.4 Å². The van der Waals surface area contributed by atoms with Crippen molar-refractivity contribution in [1.29, 1.82) is 0 Å². The Kier molecular flexibility index (Phi) is 12.8. The number of hydrogen-bond acceptors (Lipinski definition) is 7. The Bertz CT molecular complexity index is 2420. The Morgan fingerprint density at radius 3 is 1.74 bits per heavy atom. The molecular weight excluding hydrogens is 763 g/mol. The van der Waals surface area contributed by atoms with Crippen LogP contribution in [0.15, 0.2) is 52.5 Å². The maximum atomic E-state index is 12.2. The fraction of sp³-hybridized carbons (Fsp3) is 0.612. The van der Waals surface area contributed by atoms with Crippen molar-refractivity contribution in [1.82, 2.24) is 34.5 Å². The van der Waals surface area contributed by atoms with Crippen molar-refractivity contribution in [2.24, 2.45) is 50.7 Å². The van der Waals surface area contributed by atoms with Gasteiger partial charge in [0.2, 0.25) is 11.4 Å².